The summed E-state index contributed by atoms with van der Waals surface area (Å²) in [5, 5.41) is 0. The van der Waals surface area contributed by atoms with Crippen LogP contribution in [0.25, 0.3) is 16.7 Å². The van der Waals surface area contributed by atoms with Gasteiger partial charge in [0.15, 0.2) is 0 Å². The molecule has 5 rings (SSSR count). The molecule has 0 aliphatic heterocycles. The summed E-state index contributed by atoms with van der Waals surface area (Å²) in [6.07, 6.45) is 8.16. The van der Waals surface area contributed by atoms with Crippen LogP contribution < -0.4 is 0 Å². The van der Waals surface area contributed by atoms with Crippen LogP contribution in [-0.4, -0.2) is 0 Å². The highest BCUT2D eigenvalue weighted by atomic mass is 14.3. The first-order chi connectivity index (χ1) is 10.3. The number of rotatable bonds is 0. The van der Waals surface area contributed by atoms with Crippen molar-refractivity contribution < 1.29 is 0 Å². The lowest BCUT2D eigenvalue weighted by molar-refractivity contribution is 0.677. The van der Waals surface area contributed by atoms with Gasteiger partial charge in [0.2, 0.25) is 0 Å². The molecular formula is C21H18. The van der Waals surface area contributed by atoms with E-state index in [0.717, 1.165) is 12.8 Å². The van der Waals surface area contributed by atoms with Crippen molar-refractivity contribution in [3.05, 3.63) is 76.4 Å². The topological polar surface area (TPSA) is 0 Å². The smallest absolute Gasteiger partial charge is 0.00132 e. The van der Waals surface area contributed by atoms with Gasteiger partial charge in [-0.3, -0.25) is 0 Å². The zero-order valence-electron chi connectivity index (χ0n) is 12.3. The Kier molecular flexibility index (Phi) is 2.19. The molecule has 0 amide bonds. The lowest BCUT2D eigenvalue weighted by atomic mass is 9.89. The van der Waals surface area contributed by atoms with E-state index in [-0.39, 0.29) is 0 Å². The first kappa shape index (κ1) is 11.6. The average molecular weight is 270 g/mol. The molecular weight excluding hydrogens is 252 g/mol. The second-order valence-electron chi connectivity index (χ2n) is 6.66. The van der Waals surface area contributed by atoms with Crippen LogP contribution in [-0.2, 0) is 12.8 Å². The van der Waals surface area contributed by atoms with Gasteiger partial charge in [-0.15, -0.1) is 0 Å². The zero-order chi connectivity index (χ0) is 14.0. The van der Waals surface area contributed by atoms with Gasteiger partial charge < -0.3 is 0 Å². The van der Waals surface area contributed by atoms with Gasteiger partial charge >= 0.3 is 0 Å². The largest absolute Gasteiger partial charge is 0.0833 e. The average Bonchev–Trinajstić information content (AvgIpc) is 3.04. The van der Waals surface area contributed by atoms with Crippen molar-refractivity contribution in [1.82, 2.24) is 0 Å². The van der Waals surface area contributed by atoms with Gasteiger partial charge in [0.05, 0.1) is 0 Å². The van der Waals surface area contributed by atoms with Gasteiger partial charge in [0, 0.05) is 0 Å². The van der Waals surface area contributed by atoms with Crippen molar-refractivity contribution in [2.24, 2.45) is 5.92 Å². The Balaban J connectivity index is 1.69. The summed E-state index contributed by atoms with van der Waals surface area (Å²) in [6, 6.07) is 13.8. The molecule has 0 N–H and O–H groups in total. The second kappa shape index (κ2) is 3.98. The predicted octanol–water partition coefficient (Wildman–Crippen LogP) is 5.16. The summed E-state index contributed by atoms with van der Waals surface area (Å²) in [5.41, 5.74) is 12.1. The SMILES string of the molecule is CC1CC=CC2=C1Cc1cc3c(cc12)Cc1ccccc1-3. The van der Waals surface area contributed by atoms with Crippen LogP contribution in [0.3, 0.4) is 0 Å². The van der Waals surface area contributed by atoms with Crippen molar-refractivity contribution in [2.45, 2.75) is 26.2 Å². The normalized spacial score (nSPS) is 21.1. The number of benzene rings is 2. The van der Waals surface area contributed by atoms with Gasteiger partial charge in [-0.1, -0.05) is 48.9 Å². The molecule has 0 heteroatoms. The van der Waals surface area contributed by atoms with Crippen molar-refractivity contribution in [1.29, 1.82) is 0 Å². The molecule has 0 fully saturated rings. The molecule has 0 saturated carbocycles. The van der Waals surface area contributed by atoms with Gasteiger partial charge in [0.1, 0.15) is 0 Å². The fourth-order valence-electron chi connectivity index (χ4n) is 4.27. The van der Waals surface area contributed by atoms with Crippen molar-refractivity contribution in [3.8, 4) is 11.1 Å². The highest BCUT2D eigenvalue weighted by Crippen LogP contribution is 2.46. The maximum absolute atomic E-state index is 2.47. The molecule has 0 saturated heterocycles. The van der Waals surface area contributed by atoms with Crippen LogP contribution in [0.4, 0.5) is 0 Å². The summed E-state index contributed by atoms with van der Waals surface area (Å²) in [5.74, 6) is 0.708. The molecule has 0 radical (unpaired) electrons. The van der Waals surface area contributed by atoms with Crippen LogP contribution in [0.5, 0.6) is 0 Å². The monoisotopic (exact) mass is 270 g/mol. The Morgan fingerprint density at radius 2 is 1.67 bits per heavy atom. The fourth-order valence-corrected chi connectivity index (χ4v) is 4.27. The van der Waals surface area contributed by atoms with E-state index in [0.29, 0.717) is 5.92 Å². The Bertz CT molecular complexity index is 833. The third-order valence-electron chi connectivity index (χ3n) is 5.40. The molecule has 0 aromatic heterocycles. The third-order valence-corrected chi connectivity index (χ3v) is 5.40. The molecule has 3 aliphatic rings. The highest BCUT2D eigenvalue weighted by Gasteiger charge is 2.28. The molecule has 0 bridgehead atoms. The number of hydrogen-bond donors (Lipinski definition) is 0. The molecule has 0 nitrogen and oxygen atoms in total. The zero-order valence-corrected chi connectivity index (χ0v) is 12.3. The second-order valence-corrected chi connectivity index (χ2v) is 6.66. The first-order valence-electron chi connectivity index (χ1n) is 7.95. The van der Waals surface area contributed by atoms with Gasteiger partial charge in [-0.25, -0.2) is 0 Å². The third kappa shape index (κ3) is 1.51. The van der Waals surface area contributed by atoms with Crippen molar-refractivity contribution >= 4 is 5.57 Å². The van der Waals surface area contributed by atoms with E-state index in [1.165, 1.54) is 45.4 Å². The lowest BCUT2D eigenvalue weighted by Crippen LogP contribution is -2.02. The van der Waals surface area contributed by atoms with Crippen LogP contribution in [0.15, 0.2) is 54.1 Å². The van der Waals surface area contributed by atoms with E-state index >= 15 is 0 Å². The van der Waals surface area contributed by atoms with Crippen LogP contribution in [0.2, 0.25) is 0 Å². The summed E-state index contributed by atoms with van der Waals surface area (Å²) in [4.78, 5) is 0. The van der Waals surface area contributed by atoms with Gasteiger partial charge in [0.25, 0.3) is 0 Å². The Hall–Kier alpha value is -2.08. The van der Waals surface area contributed by atoms with Crippen LogP contribution in [0, 0.1) is 5.92 Å². The van der Waals surface area contributed by atoms with Gasteiger partial charge in [-0.2, -0.15) is 0 Å². The fraction of sp³-hybridized carbons (Fsp3) is 0.238. The molecule has 0 heterocycles. The molecule has 0 spiro atoms. The molecule has 21 heavy (non-hydrogen) atoms. The Morgan fingerprint density at radius 1 is 0.857 bits per heavy atom. The van der Waals surface area contributed by atoms with Crippen LogP contribution in [0.1, 0.15) is 35.6 Å². The first-order valence-corrected chi connectivity index (χ1v) is 7.95. The summed E-state index contributed by atoms with van der Waals surface area (Å²) >= 11 is 0. The number of fused-ring (bicyclic) bond motifs is 5. The Morgan fingerprint density at radius 3 is 2.62 bits per heavy atom. The minimum atomic E-state index is 0.708. The minimum Gasteiger partial charge on any atom is -0.0833 e. The molecule has 2 aromatic rings. The standard InChI is InChI=1S/C21H18/c1-13-5-4-8-18-19(13)10-16-12-20-15(11-21(16)18)9-14-6-2-3-7-17(14)20/h2-4,6-8,11-13H,5,9-10H2,1H3. The maximum Gasteiger partial charge on any atom is -0.00132 e. The molecule has 1 atom stereocenters. The Labute approximate surface area is 125 Å². The predicted molar refractivity (Wildman–Crippen MR) is 88.2 cm³/mol. The number of allylic oxidation sites excluding steroid dienone is 4. The molecule has 102 valence electrons. The molecule has 3 aliphatic carbocycles. The van der Waals surface area contributed by atoms with Crippen molar-refractivity contribution in [2.75, 3.05) is 0 Å². The van der Waals surface area contributed by atoms with E-state index in [4.69, 9.17) is 0 Å². The van der Waals surface area contributed by atoms with E-state index < -0.39 is 0 Å². The van der Waals surface area contributed by atoms with Gasteiger partial charge in [-0.05, 0) is 76.3 Å². The molecule has 2 aromatic carbocycles. The van der Waals surface area contributed by atoms with E-state index in [1.54, 1.807) is 5.57 Å². The minimum absolute atomic E-state index is 0.708. The van der Waals surface area contributed by atoms with E-state index in [9.17, 15) is 0 Å². The van der Waals surface area contributed by atoms with E-state index in [1.807, 2.05) is 0 Å². The maximum atomic E-state index is 2.47. The summed E-state index contributed by atoms with van der Waals surface area (Å²) in [6.45, 7) is 2.37. The summed E-state index contributed by atoms with van der Waals surface area (Å²) < 4.78 is 0. The van der Waals surface area contributed by atoms with Crippen LogP contribution >= 0.6 is 0 Å². The molecule has 1 unspecified atom stereocenters. The number of hydrogen-bond acceptors (Lipinski definition) is 0. The van der Waals surface area contributed by atoms with E-state index in [2.05, 4.69) is 55.5 Å². The lowest BCUT2D eigenvalue weighted by Gasteiger charge is -2.16. The summed E-state index contributed by atoms with van der Waals surface area (Å²) in [7, 11) is 0. The highest BCUT2D eigenvalue weighted by molar-refractivity contribution is 5.88. The quantitative estimate of drug-likeness (QED) is 0.529. The van der Waals surface area contributed by atoms with Crippen molar-refractivity contribution in [3.63, 3.8) is 0 Å².